The molecule has 2 aromatic carbocycles. The predicted molar refractivity (Wildman–Crippen MR) is 203 cm³/mol. The molecule has 0 spiro atoms. The second kappa shape index (κ2) is 14.7. The summed E-state index contributed by atoms with van der Waals surface area (Å²) in [5.41, 5.74) is 12.4. The Bertz CT molecular complexity index is 2350. The van der Waals surface area contributed by atoms with Gasteiger partial charge in [0.05, 0.1) is 10.6 Å². The lowest BCUT2D eigenvalue weighted by Gasteiger charge is -2.29. The molecule has 5 N–H and O–H groups in total. The Kier molecular flexibility index (Phi) is 9.90. The van der Waals surface area contributed by atoms with Gasteiger partial charge in [0, 0.05) is 59.4 Å². The average molecular weight is 746 g/mol. The van der Waals surface area contributed by atoms with E-state index in [0.717, 1.165) is 55.1 Å². The van der Waals surface area contributed by atoms with Crippen LogP contribution in [0.2, 0.25) is 5.02 Å². The van der Waals surface area contributed by atoms with E-state index in [1.807, 2.05) is 51.1 Å². The Hall–Kier alpha value is -5.73. The van der Waals surface area contributed by atoms with E-state index in [1.54, 1.807) is 29.7 Å². The van der Waals surface area contributed by atoms with Crippen LogP contribution in [0.25, 0.3) is 5.00 Å². The lowest BCUT2D eigenvalue weighted by atomic mass is 9.99. The molecular formula is C39H36ClN9O3S. The number of hydrazine groups is 1. The number of fused-ring (bicyclic) bond motifs is 4. The third-order valence-corrected chi connectivity index (χ3v) is 10.8. The first-order chi connectivity index (χ1) is 25.5. The maximum Gasteiger partial charge on any atom is 0.255 e. The number of nitrogens with one attached hydrogen (secondary N) is 1. The summed E-state index contributed by atoms with van der Waals surface area (Å²) in [5, 5.41) is 14.2. The van der Waals surface area contributed by atoms with E-state index in [4.69, 9.17) is 28.2 Å². The molecule has 0 saturated carbocycles. The van der Waals surface area contributed by atoms with Gasteiger partial charge in [-0.15, -0.1) is 21.5 Å². The lowest BCUT2D eigenvalue weighted by molar-refractivity contribution is -0.136. The number of rotatable bonds is 6. The van der Waals surface area contributed by atoms with E-state index in [0.29, 0.717) is 42.1 Å². The number of amides is 3. The van der Waals surface area contributed by atoms with Crippen LogP contribution >= 0.6 is 22.9 Å². The summed E-state index contributed by atoms with van der Waals surface area (Å²) in [5.74, 6) is 19.5. The van der Waals surface area contributed by atoms with Gasteiger partial charge in [-0.1, -0.05) is 41.6 Å². The highest BCUT2D eigenvalue weighted by atomic mass is 35.5. The standard InChI is InChI=1S/C39H36ClN9O3S/c1-22-32(53-39-34(22)35(26-11-13-27(40)14-12-26)43-23(2)36-46-45-24(3)49(36)39)17-15-28(41)20-47(42)19-6-4-5-8-25-9-7-10-29-30(25)21-48(38(29)52)31-16-18-33(50)44-37(31)51/h7,9-14,20,23,31H,4,6,16,18-19,21,41-42H2,1-3H3,(H,44,50,51)/b28-20-/t23-,31?/m0/s1. The van der Waals surface area contributed by atoms with Gasteiger partial charge >= 0.3 is 0 Å². The van der Waals surface area contributed by atoms with Crippen LogP contribution in [0.15, 0.2) is 59.4 Å². The number of thiophene rings is 1. The number of nitrogens with two attached hydrogens (primary N) is 2. The SMILES string of the molecule is Cc1c(C#C/C(N)=C/N(N)CCCC#Cc2cccc3c2CN(C2CCC(=O)NC2=O)C3=O)sc2c1C(c1ccc(Cl)cc1)=N[C@@H](C)c1nnc(C)n1-2. The maximum absolute atomic E-state index is 13.1. The van der Waals surface area contributed by atoms with E-state index in [1.165, 1.54) is 9.91 Å². The molecule has 5 heterocycles. The third kappa shape index (κ3) is 7.07. The van der Waals surface area contributed by atoms with Gasteiger partial charge in [0.1, 0.15) is 28.6 Å². The van der Waals surface area contributed by atoms with Crippen molar-refractivity contribution in [1.29, 1.82) is 0 Å². The van der Waals surface area contributed by atoms with E-state index in [2.05, 4.69) is 43.8 Å². The molecule has 2 atom stereocenters. The van der Waals surface area contributed by atoms with Crippen LogP contribution in [0.4, 0.5) is 0 Å². The number of carbonyl (C=O) groups excluding carboxylic acids is 3. The Morgan fingerprint density at radius 2 is 1.92 bits per heavy atom. The van der Waals surface area contributed by atoms with E-state index in [-0.39, 0.29) is 30.8 Å². The normalized spacial score (nSPS) is 17.8. The second-order valence-electron chi connectivity index (χ2n) is 13.0. The summed E-state index contributed by atoms with van der Waals surface area (Å²) in [7, 11) is 0. The molecule has 14 heteroatoms. The molecule has 268 valence electrons. The van der Waals surface area contributed by atoms with Crippen molar-refractivity contribution in [1.82, 2.24) is 30.0 Å². The molecule has 2 aromatic heterocycles. The molecule has 0 bridgehead atoms. The Labute approximate surface area is 315 Å². The van der Waals surface area contributed by atoms with Gasteiger partial charge in [-0.05, 0) is 80.8 Å². The zero-order valence-electron chi connectivity index (χ0n) is 29.4. The first kappa shape index (κ1) is 35.7. The molecule has 3 amide bonds. The summed E-state index contributed by atoms with van der Waals surface area (Å²) in [6.45, 7) is 6.74. The summed E-state index contributed by atoms with van der Waals surface area (Å²) >= 11 is 7.75. The number of aromatic nitrogens is 3. The number of nitrogens with zero attached hydrogens (tertiary/aromatic N) is 6. The van der Waals surface area contributed by atoms with E-state index < -0.39 is 11.9 Å². The number of aliphatic imine (C=N–C) groups is 1. The minimum atomic E-state index is -0.669. The maximum atomic E-state index is 13.1. The fourth-order valence-corrected chi connectivity index (χ4v) is 8.06. The topological polar surface area (TPSA) is 165 Å². The van der Waals surface area contributed by atoms with Crippen LogP contribution in [0.5, 0.6) is 0 Å². The molecule has 1 saturated heterocycles. The van der Waals surface area contributed by atoms with Gasteiger partial charge in [0.15, 0.2) is 5.82 Å². The summed E-state index contributed by atoms with van der Waals surface area (Å²) in [4.78, 5) is 44.6. The van der Waals surface area contributed by atoms with Crippen molar-refractivity contribution >= 4 is 46.4 Å². The van der Waals surface area contributed by atoms with Crippen LogP contribution in [0, 0.1) is 37.5 Å². The molecule has 0 aliphatic carbocycles. The number of unbranched alkanes of at least 4 members (excludes halogenated alkanes) is 1. The Balaban J connectivity index is 1.01. The number of imide groups is 1. The van der Waals surface area contributed by atoms with Crippen molar-refractivity contribution in [2.24, 2.45) is 16.6 Å². The minimum absolute atomic E-state index is 0.206. The molecule has 3 aliphatic rings. The summed E-state index contributed by atoms with van der Waals surface area (Å²) in [6.07, 6.45) is 3.35. The molecule has 4 aromatic rings. The highest BCUT2D eigenvalue weighted by Crippen LogP contribution is 2.39. The van der Waals surface area contributed by atoms with Crippen molar-refractivity contribution in [2.45, 2.75) is 65.1 Å². The quantitative estimate of drug-likeness (QED) is 0.0858. The number of carbonyl (C=O) groups is 3. The van der Waals surface area contributed by atoms with Crippen molar-refractivity contribution in [3.8, 4) is 28.7 Å². The second-order valence-corrected chi connectivity index (χ2v) is 14.5. The summed E-state index contributed by atoms with van der Waals surface area (Å²) < 4.78 is 2.06. The Morgan fingerprint density at radius 1 is 1.13 bits per heavy atom. The molecular weight excluding hydrogens is 710 g/mol. The fraction of sp³-hybridized carbons (Fsp3) is 0.282. The van der Waals surface area contributed by atoms with Crippen LogP contribution in [0.3, 0.4) is 0 Å². The number of aryl methyl sites for hydroxylation is 1. The van der Waals surface area contributed by atoms with Crippen LogP contribution in [-0.2, 0) is 16.1 Å². The molecule has 1 fully saturated rings. The van der Waals surface area contributed by atoms with Gasteiger partial charge in [-0.25, -0.2) is 5.84 Å². The van der Waals surface area contributed by atoms with Crippen LogP contribution in [0.1, 0.15) is 93.4 Å². The minimum Gasteiger partial charge on any atom is -0.391 e. The number of piperidine rings is 1. The largest absolute Gasteiger partial charge is 0.391 e. The molecule has 3 aliphatic heterocycles. The molecule has 7 rings (SSSR count). The number of halogens is 1. The zero-order valence-corrected chi connectivity index (χ0v) is 30.9. The first-order valence-corrected chi connectivity index (χ1v) is 18.4. The van der Waals surface area contributed by atoms with Crippen LogP contribution < -0.4 is 16.9 Å². The average Bonchev–Trinajstić information content (AvgIpc) is 3.76. The molecule has 12 nitrogen and oxygen atoms in total. The van der Waals surface area contributed by atoms with Crippen molar-refractivity contribution in [3.63, 3.8) is 0 Å². The number of allylic oxidation sites excluding steroid dienone is 1. The lowest BCUT2D eigenvalue weighted by Crippen LogP contribution is -2.52. The molecule has 0 radical (unpaired) electrons. The van der Waals surface area contributed by atoms with Crippen molar-refractivity contribution < 1.29 is 14.4 Å². The van der Waals surface area contributed by atoms with Crippen LogP contribution in [-0.4, -0.2) is 60.7 Å². The fourth-order valence-electron chi connectivity index (χ4n) is 6.71. The number of hydrogen-bond donors (Lipinski definition) is 3. The van der Waals surface area contributed by atoms with Gasteiger partial charge in [0.2, 0.25) is 11.8 Å². The summed E-state index contributed by atoms with van der Waals surface area (Å²) in [6, 6.07) is 12.2. The zero-order chi connectivity index (χ0) is 37.4. The Morgan fingerprint density at radius 3 is 2.70 bits per heavy atom. The van der Waals surface area contributed by atoms with Crippen molar-refractivity contribution in [3.05, 3.63) is 109 Å². The smallest absolute Gasteiger partial charge is 0.255 e. The van der Waals surface area contributed by atoms with Gasteiger partial charge in [-0.3, -0.25) is 29.3 Å². The molecule has 1 unspecified atom stereocenters. The highest BCUT2D eigenvalue weighted by Gasteiger charge is 2.39. The van der Waals surface area contributed by atoms with E-state index in [9.17, 15) is 14.4 Å². The number of hydrogen-bond acceptors (Lipinski definition) is 10. The molecule has 53 heavy (non-hydrogen) atoms. The first-order valence-electron chi connectivity index (χ1n) is 17.2. The van der Waals surface area contributed by atoms with Gasteiger partial charge in [0.25, 0.3) is 5.91 Å². The van der Waals surface area contributed by atoms with Crippen molar-refractivity contribution in [2.75, 3.05) is 6.54 Å². The van der Waals surface area contributed by atoms with Gasteiger partial charge < -0.3 is 15.6 Å². The van der Waals surface area contributed by atoms with E-state index >= 15 is 0 Å². The highest BCUT2D eigenvalue weighted by molar-refractivity contribution is 7.15. The monoisotopic (exact) mass is 745 g/mol. The predicted octanol–water partition coefficient (Wildman–Crippen LogP) is 4.43. The van der Waals surface area contributed by atoms with Gasteiger partial charge in [-0.2, -0.15) is 0 Å². The third-order valence-electron chi connectivity index (χ3n) is 9.38. The number of benzene rings is 2.